The molecule has 4 heteroatoms. The van der Waals surface area contributed by atoms with Gasteiger partial charge in [-0.15, -0.1) is 0 Å². The van der Waals surface area contributed by atoms with Crippen molar-refractivity contribution in [2.24, 2.45) is 5.73 Å². The summed E-state index contributed by atoms with van der Waals surface area (Å²) in [7, 11) is 0. The minimum Gasteiger partial charge on any atom is -0.327 e. The number of thioether (sulfide) groups is 1. The Morgan fingerprint density at radius 3 is 3.00 bits per heavy atom. The lowest BCUT2D eigenvalue weighted by molar-refractivity contribution is 0.460. The molecule has 0 saturated heterocycles. The monoisotopic (exact) mass is 253 g/mol. The van der Waals surface area contributed by atoms with Crippen molar-refractivity contribution in [3.8, 4) is 0 Å². The summed E-state index contributed by atoms with van der Waals surface area (Å²) >= 11 is 1.86. The molecule has 3 nitrogen and oxygen atoms in total. The van der Waals surface area contributed by atoms with Gasteiger partial charge in [0.05, 0.1) is 11.7 Å². The van der Waals surface area contributed by atoms with Gasteiger partial charge in [-0.25, -0.2) is 0 Å². The van der Waals surface area contributed by atoms with Crippen molar-refractivity contribution in [2.45, 2.75) is 50.6 Å². The molecule has 0 radical (unpaired) electrons. The average molecular weight is 253 g/mol. The highest BCUT2D eigenvalue weighted by Crippen LogP contribution is 2.28. The zero-order valence-electron chi connectivity index (χ0n) is 10.6. The van der Waals surface area contributed by atoms with Crippen molar-refractivity contribution in [3.05, 3.63) is 18.0 Å². The van der Waals surface area contributed by atoms with E-state index in [1.807, 2.05) is 11.8 Å². The summed E-state index contributed by atoms with van der Waals surface area (Å²) in [4.78, 5) is 0. The van der Waals surface area contributed by atoms with Gasteiger partial charge in [-0.1, -0.05) is 12.8 Å². The Labute approximate surface area is 108 Å². The van der Waals surface area contributed by atoms with Crippen LogP contribution in [0.5, 0.6) is 0 Å². The van der Waals surface area contributed by atoms with Crippen molar-refractivity contribution in [3.63, 3.8) is 0 Å². The molecular weight excluding hydrogens is 230 g/mol. The van der Waals surface area contributed by atoms with E-state index in [4.69, 9.17) is 5.73 Å². The second-order valence-corrected chi connectivity index (χ2v) is 5.96. The Balaban J connectivity index is 1.84. The van der Waals surface area contributed by atoms with Crippen molar-refractivity contribution in [1.82, 2.24) is 9.78 Å². The maximum Gasteiger partial charge on any atom is 0.0640 e. The van der Waals surface area contributed by atoms with E-state index in [9.17, 15) is 0 Å². The fourth-order valence-corrected chi connectivity index (χ4v) is 3.04. The summed E-state index contributed by atoms with van der Waals surface area (Å²) in [6, 6.07) is 3.04. The Morgan fingerprint density at radius 2 is 2.29 bits per heavy atom. The van der Waals surface area contributed by atoms with Gasteiger partial charge in [-0.2, -0.15) is 16.9 Å². The minimum absolute atomic E-state index is 0.259. The molecule has 0 aromatic carbocycles. The number of aromatic nitrogens is 2. The number of nitrogens with zero attached hydrogens (tertiary/aromatic N) is 2. The van der Waals surface area contributed by atoms with Crippen LogP contribution in [0.2, 0.25) is 0 Å². The van der Waals surface area contributed by atoms with Gasteiger partial charge in [0.25, 0.3) is 0 Å². The minimum atomic E-state index is 0.259. The van der Waals surface area contributed by atoms with E-state index in [1.165, 1.54) is 25.7 Å². The lowest BCUT2D eigenvalue weighted by Gasteiger charge is -2.10. The van der Waals surface area contributed by atoms with Crippen LogP contribution in [-0.2, 0) is 6.42 Å². The van der Waals surface area contributed by atoms with Gasteiger partial charge in [-0.3, -0.25) is 4.68 Å². The van der Waals surface area contributed by atoms with Gasteiger partial charge in [0.15, 0.2) is 0 Å². The first kappa shape index (κ1) is 13.0. The number of nitrogens with two attached hydrogens (primary N) is 1. The molecule has 1 aromatic rings. The SMILES string of the molecule is CSCCC(N)Cc1ccn(C2CCCC2)n1. The summed E-state index contributed by atoms with van der Waals surface area (Å²) in [6.07, 6.45) is 11.5. The summed E-state index contributed by atoms with van der Waals surface area (Å²) in [5.74, 6) is 1.14. The molecule has 1 fully saturated rings. The van der Waals surface area contributed by atoms with Crippen LogP contribution in [0.4, 0.5) is 0 Å². The van der Waals surface area contributed by atoms with Crippen molar-refractivity contribution < 1.29 is 0 Å². The maximum absolute atomic E-state index is 6.09. The van der Waals surface area contributed by atoms with Crippen LogP contribution in [0.1, 0.15) is 43.8 Å². The summed E-state index contributed by atoms with van der Waals surface area (Å²) in [6.45, 7) is 0. The third-order valence-corrected chi connectivity index (χ3v) is 4.17. The van der Waals surface area contributed by atoms with Crippen molar-refractivity contribution in [2.75, 3.05) is 12.0 Å². The van der Waals surface area contributed by atoms with Gasteiger partial charge in [0.2, 0.25) is 0 Å². The average Bonchev–Trinajstić information content (AvgIpc) is 2.95. The third-order valence-electron chi connectivity index (χ3n) is 3.53. The second-order valence-electron chi connectivity index (χ2n) is 4.97. The molecule has 1 aliphatic carbocycles. The van der Waals surface area contributed by atoms with Gasteiger partial charge in [0, 0.05) is 18.7 Å². The Morgan fingerprint density at radius 1 is 1.53 bits per heavy atom. The van der Waals surface area contributed by atoms with Crippen LogP contribution in [-0.4, -0.2) is 27.8 Å². The third kappa shape index (κ3) is 3.75. The quantitative estimate of drug-likeness (QED) is 0.847. The summed E-state index contributed by atoms with van der Waals surface area (Å²) in [5, 5.41) is 4.67. The molecule has 1 aromatic heterocycles. The first-order chi connectivity index (χ1) is 8.29. The predicted octanol–water partition coefficient (Wildman–Crippen LogP) is 2.62. The molecule has 1 atom stereocenters. The van der Waals surface area contributed by atoms with Crippen molar-refractivity contribution >= 4 is 11.8 Å². The molecule has 1 heterocycles. The number of hydrogen-bond acceptors (Lipinski definition) is 3. The van der Waals surface area contributed by atoms with Crippen LogP contribution in [0, 0.1) is 0 Å². The van der Waals surface area contributed by atoms with E-state index in [0.29, 0.717) is 6.04 Å². The van der Waals surface area contributed by atoms with E-state index in [1.54, 1.807) is 0 Å². The molecule has 96 valence electrons. The second kappa shape index (κ2) is 6.45. The number of rotatable bonds is 6. The topological polar surface area (TPSA) is 43.8 Å². The summed E-state index contributed by atoms with van der Waals surface area (Å²) in [5.41, 5.74) is 7.25. The van der Waals surface area contributed by atoms with E-state index in [-0.39, 0.29) is 6.04 Å². The predicted molar refractivity (Wildman–Crippen MR) is 74.4 cm³/mol. The molecule has 17 heavy (non-hydrogen) atoms. The van der Waals surface area contributed by atoms with E-state index < -0.39 is 0 Å². The molecule has 0 bridgehead atoms. The van der Waals surface area contributed by atoms with E-state index in [0.717, 1.165) is 24.3 Å². The van der Waals surface area contributed by atoms with Crippen LogP contribution < -0.4 is 5.73 Å². The zero-order valence-corrected chi connectivity index (χ0v) is 11.5. The fraction of sp³-hybridized carbons (Fsp3) is 0.769. The first-order valence-electron chi connectivity index (χ1n) is 6.58. The molecule has 2 rings (SSSR count). The molecule has 0 amide bonds. The molecule has 2 N–H and O–H groups in total. The molecule has 1 unspecified atom stereocenters. The van der Waals surface area contributed by atoms with Gasteiger partial charge >= 0.3 is 0 Å². The lowest BCUT2D eigenvalue weighted by Crippen LogP contribution is -2.23. The Kier molecular flexibility index (Phi) is 4.92. The molecule has 0 spiro atoms. The van der Waals surface area contributed by atoms with E-state index in [2.05, 4.69) is 28.3 Å². The zero-order chi connectivity index (χ0) is 12.1. The van der Waals surface area contributed by atoms with Crippen LogP contribution in [0.25, 0.3) is 0 Å². The molecule has 0 aliphatic heterocycles. The van der Waals surface area contributed by atoms with Gasteiger partial charge in [0.1, 0.15) is 0 Å². The van der Waals surface area contributed by atoms with Crippen LogP contribution in [0.3, 0.4) is 0 Å². The Bertz CT molecular complexity index is 331. The maximum atomic E-state index is 6.09. The fourth-order valence-electron chi connectivity index (χ4n) is 2.50. The normalized spacial score (nSPS) is 18.7. The largest absolute Gasteiger partial charge is 0.327 e. The van der Waals surface area contributed by atoms with Crippen LogP contribution >= 0.6 is 11.8 Å². The molecule has 1 saturated carbocycles. The highest BCUT2D eigenvalue weighted by atomic mass is 32.2. The van der Waals surface area contributed by atoms with Gasteiger partial charge < -0.3 is 5.73 Å². The smallest absolute Gasteiger partial charge is 0.0640 e. The van der Waals surface area contributed by atoms with Gasteiger partial charge in [-0.05, 0) is 37.3 Å². The lowest BCUT2D eigenvalue weighted by atomic mass is 10.1. The van der Waals surface area contributed by atoms with Crippen LogP contribution in [0.15, 0.2) is 12.3 Å². The molecular formula is C13H23N3S. The standard InChI is InChI=1S/C13H23N3S/c1-17-9-7-11(14)10-12-6-8-16(15-12)13-4-2-3-5-13/h6,8,11,13H,2-5,7,9-10,14H2,1H3. The Hall–Kier alpha value is -0.480. The highest BCUT2D eigenvalue weighted by Gasteiger charge is 2.17. The highest BCUT2D eigenvalue weighted by molar-refractivity contribution is 7.98. The van der Waals surface area contributed by atoms with Crippen molar-refractivity contribution in [1.29, 1.82) is 0 Å². The number of hydrogen-bond donors (Lipinski definition) is 1. The summed E-state index contributed by atoms with van der Waals surface area (Å²) < 4.78 is 2.16. The molecule has 1 aliphatic rings. The van der Waals surface area contributed by atoms with E-state index >= 15 is 0 Å². The first-order valence-corrected chi connectivity index (χ1v) is 7.97.